The van der Waals surface area contributed by atoms with Gasteiger partial charge in [-0.25, -0.2) is 0 Å². The van der Waals surface area contributed by atoms with Gasteiger partial charge in [0.05, 0.1) is 5.97 Å². The Kier molecular flexibility index (Phi) is 2.34. The molecule has 1 aromatic heterocycles. The number of hydrogen-bond acceptors (Lipinski definition) is 3. The fourth-order valence-corrected chi connectivity index (χ4v) is 1.90. The van der Waals surface area contributed by atoms with E-state index in [-0.39, 0.29) is 5.56 Å². The van der Waals surface area contributed by atoms with E-state index in [0.29, 0.717) is 0 Å². The molecule has 18 heavy (non-hydrogen) atoms. The molecule has 1 heterocycles. The second-order valence-corrected chi connectivity index (χ2v) is 3.90. The van der Waals surface area contributed by atoms with E-state index in [1.807, 2.05) is 30.3 Å². The number of aromatic nitrogens is 1. The van der Waals surface area contributed by atoms with Crippen LogP contribution in [0.3, 0.4) is 0 Å². The quantitative estimate of drug-likeness (QED) is 0.628. The summed E-state index contributed by atoms with van der Waals surface area (Å²) >= 11 is 0. The third kappa shape index (κ3) is 1.64. The highest BCUT2D eigenvalue weighted by molar-refractivity contribution is 5.86. The molecule has 0 fully saturated rings. The number of nitrogens with zero attached hydrogens (tertiary/aromatic N) is 1. The van der Waals surface area contributed by atoms with Gasteiger partial charge >= 0.3 is 6.39 Å². The molecule has 0 saturated heterocycles. The standard InChI is InChI=1S/C14H9NO3/c16-14(17)10-4-3-5-11(8-10)15-9-18-13-7-2-1-6-12(13)15/h1-9H. The fourth-order valence-electron chi connectivity index (χ4n) is 1.90. The molecule has 0 atom stereocenters. The smallest absolute Gasteiger partial charge is 0.341 e. The summed E-state index contributed by atoms with van der Waals surface area (Å²) in [6.07, 6.45) is 1.55. The van der Waals surface area contributed by atoms with Crippen LogP contribution in [0.25, 0.3) is 16.8 Å². The summed E-state index contributed by atoms with van der Waals surface area (Å²) < 4.78 is 7.20. The lowest BCUT2D eigenvalue weighted by Crippen LogP contribution is -2.29. The molecule has 0 bridgehead atoms. The molecule has 2 aromatic carbocycles. The summed E-state index contributed by atoms with van der Waals surface area (Å²) in [7, 11) is 0. The zero-order chi connectivity index (χ0) is 12.5. The van der Waals surface area contributed by atoms with Crippen molar-refractivity contribution in [1.82, 2.24) is 0 Å². The van der Waals surface area contributed by atoms with Gasteiger partial charge in [-0.1, -0.05) is 24.3 Å². The lowest BCUT2D eigenvalue weighted by molar-refractivity contribution is -0.573. The van der Waals surface area contributed by atoms with Crippen LogP contribution in [-0.4, -0.2) is 5.97 Å². The van der Waals surface area contributed by atoms with E-state index >= 15 is 0 Å². The number of hydrogen-bond donors (Lipinski definition) is 0. The van der Waals surface area contributed by atoms with Crippen molar-refractivity contribution in [2.75, 3.05) is 0 Å². The number of aromatic carboxylic acids is 1. The zero-order valence-corrected chi connectivity index (χ0v) is 9.37. The van der Waals surface area contributed by atoms with Gasteiger partial charge in [0.25, 0.3) is 5.52 Å². The van der Waals surface area contributed by atoms with Crippen LogP contribution >= 0.6 is 0 Å². The van der Waals surface area contributed by atoms with E-state index in [9.17, 15) is 9.90 Å². The van der Waals surface area contributed by atoms with Crippen LogP contribution in [0.2, 0.25) is 0 Å². The average molecular weight is 239 g/mol. The van der Waals surface area contributed by atoms with Gasteiger partial charge in [0.15, 0.2) is 0 Å². The van der Waals surface area contributed by atoms with Crippen molar-refractivity contribution in [2.24, 2.45) is 0 Å². The number of carboxylic acids is 1. The Morgan fingerprint density at radius 2 is 1.94 bits per heavy atom. The molecular weight excluding hydrogens is 230 g/mol. The Hall–Kier alpha value is -2.62. The van der Waals surface area contributed by atoms with E-state index in [1.54, 1.807) is 23.1 Å². The zero-order valence-electron chi connectivity index (χ0n) is 9.37. The number of oxazole rings is 1. The SMILES string of the molecule is O=C([O-])c1cccc(-[n+]2coc3ccccc32)c1. The summed E-state index contributed by atoms with van der Waals surface area (Å²) in [5.74, 6) is -1.19. The van der Waals surface area contributed by atoms with E-state index in [4.69, 9.17) is 4.42 Å². The summed E-state index contributed by atoms with van der Waals surface area (Å²) in [5.41, 5.74) is 2.50. The maximum atomic E-state index is 10.8. The topological polar surface area (TPSA) is 57.1 Å². The first-order chi connectivity index (χ1) is 8.75. The maximum Gasteiger partial charge on any atom is 0.341 e. The van der Waals surface area contributed by atoms with Gasteiger partial charge in [-0.05, 0) is 6.07 Å². The Balaban J connectivity index is 2.20. The van der Waals surface area contributed by atoms with Crippen molar-refractivity contribution in [1.29, 1.82) is 0 Å². The lowest BCUT2D eigenvalue weighted by Gasteiger charge is -2.00. The highest BCUT2D eigenvalue weighted by Crippen LogP contribution is 2.13. The molecule has 0 N–H and O–H groups in total. The largest absolute Gasteiger partial charge is 0.545 e. The van der Waals surface area contributed by atoms with Crippen molar-refractivity contribution < 1.29 is 18.9 Å². The minimum Gasteiger partial charge on any atom is -0.545 e. The number of fused-ring (bicyclic) bond motifs is 1. The van der Waals surface area contributed by atoms with Gasteiger partial charge in [0.2, 0.25) is 11.3 Å². The number of carbonyl (C=O) groups is 1. The molecule has 0 spiro atoms. The van der Waals surface area contributed by atoms with Gasteiger partial charge in [-0.15, -0.1) is 4.57 Å². The third-order valence-corrected chi connectivity index (χ3v) is 2.77. The van der Waals surface area contributed by atoms with Gasteiger partial charge in [0, 0.05) is 23.8 Å². The predicted molar refractivity (Wildman–Crippen MR) is 62.1 cm³/mol. The van der Waals surface area contributed by atoms with Gasteiger partial charge < -0.3 is 14.3 Å². The summed E-state index contributed by atoms with van der Waals surface area (Å²) in [6.45, 7) is 0. The van der Waals surface area contributed by atoms with E-state index in [1.165, 1.54) is 6.07 Å². The van der Waals surface area contributed by atoms with E-state index in [2.05, 4.69) is 0 Å². The molecule has 0 aliphatic rings. The van der Waals surface area contributed by atoms with Crippen molar-refractivity contribution >= 4 is 17.1 Å². The average Bonchev–Trinajstić information content (AvgIpc) is 2.82. The minimum absolute atomic E-state index is 0.144. The molecular formula is C14H9NO3. The molecule has 0 aliphatic carbocycles. The highest BCUT2D eigenvalue weighted by atomic mass is 16.4. The normalized spacial score (nSPS) is 10.7. The van der Waals surface area contributed by atoms with E-state index in [0.717, 1.165) is 16.8 Å². The van der Waals surface area contributed by atoms with Gasteiger partial charge in [-0.2, -0.15) is 0 Å². The lowest BCUT2D eigenvalue weighted by atomic mass is 10.2. The van der Waals surface area contributed by atoms with Crippen molar-refractivity contribution in [2.45, 2.75) is 0 Å². The summed E-state index contributed by atoms with van der Waals surface area (Å²) in [5, 5.41) is 10.8. The number of para-hydroxylation sites is 2. The molecule has 0 aliphatic heterocycles. The van der Waals surface area contributed by atoms with Crippen LogP contribution in [0.15, 0.2) is 59.3 Å². The van der Waals surface area contributed by atoms with Crippen LogP contribution in [0.1, 0.15) is 10.4 Å². The Morgan fingerprint density at radius 3 is 2.78 bits per heavy atom. The monoisotopic (exact) mass is 239 g/mol. The molecule has 0 radical (unpaired) electrons. The molecule has 0 unspecified atom stereocenters. The second-order valence-electron chi connectivity index (χ2n) is 3.90. The van der Waals surface area contributed by atoms with Crippen LogP contribution in [0, 0.1) is 0 Å². The first kappa shape index (κ1) is 10.5. The maximum absolute atomic E-state index is 10.8. The Morgan fingerprint density at radius 1 is 1.11 bits per heavy atom. The summed E-state index contributed by atoms with van der Waals surface area (Å²) in [6, 6.07) is 14.1. The number of carboxylic acid groups (broad SMARTS) is 1. The van der Waals surface area contributed by atoms with Crippen LogP contribution in [0.5, 0.6) is 0 Å². The Labute approximate surface area is 103 Å². The van der Waals surface area contributed by atoms with Crippen molar-refractivity contribution in [3.05, 3.63) is 60.5 Å². The second kappa shape index (κ2) is 4.00. The number of benzene rings is 2. The van der Waals surface area contributed by atoms with E-state index < -0.39 is 5.97 Å². The summed E-state index contributed by atoms with van der Waals surface area (Å²) in [4.78, 5) is 10.8. The molecule has 88 valence electrons. The molecule has 0 amide bonds. The predicted octanol–water partition coefficient (Wildman–Crippen LogP) is 1.07. The number of carbonyl (C=O) groups excluding carboxylic acids is 1. The Bertz CT molecular complexity index is 730. The highest BCUT2D eigenvalue weighted by Gasteiger charge is 2.15. The first-order valence-corrected chi connectivity index (χ1v) is 5.45. The molecule has 4 nitrogen and oxygen atoms in total. The van der Waals surface area contributed by atoms with Crippen LogP contribution in [0.4, 0.5) is 0 Å². The molecule has 0 saturated carbocycles. The van der Waals surface area contributed by atoms with Gasteiger partial charge in [0.1, 0.15) is 0 Å². The molecule has 4 heteroatoms. The van der Waals surface area contributed by atoms with Crippen LogP contribution in [-0.2, 0) is 0 Å². The third-order valence-electron chi connectivity index (χ3n) is 2.77. The minimum atomic E-state index is -1.19. The van der Waals surface area contributed by atoms with Crippen LogP contribution < -0.4 is 9.67 Å². The molecule has 3 aromatic rings. The van der Waals surface area contributed by atoms with Gasteiger partial charge in [-0.3, -0.25) is 0 Å². The fraction of sp³-hybridized carbons (Fsp3) is 0. The molecule has 3 rings (SSSR count). The van der Waals surface area contributed by atoms with Crippen molar-refractivity contribution in [3.63, 3.8) is 0 Å². The van der Waals surface area contributed by atoms with Crippen molar-refractivity contribution in [3.8, 4) is 5.69 Å². The first-order valence-electron chi connectivity index (χ1n) is 5.45. The number of rotatable bonds is 2.